The SMILES string of the molecule is CC.CC.CC(C)(C)OC(=O)CCOCC(COCCC(=O)OC(C)(C)C)(COCCC(=O)OC(C)(C)C)NC(=O)CCCC(=O)O.CC(C)(C)OC(=O)CCOCC(COCCC(=O)OC(C)(C)C)(COCCC(=O)OC(C)(C)C)NC(=O)CCCC(=O)OCc1ccccc1.CC(C)(C)OC(=O)CCOCC(N)(COCCC(=O)OC(C)(C)C)COCCC(=O)OC(C)(C)C.O=C1CCCC(=O)O1.O=CO.[2H]CF. The molecule has 0 spiro atoms. The highest BCUT2D eigenvalue weighted by Crippen LogP contribution is 2.22. The highest BCUT2D eigenvalue weighted by atomic mass is 19.1. The summed E-state index contributed by atoms with van der Waals surface area (Å²) < 4.78 is 124. The van der Waals surface area contributed by atoms with Crippen LogP contribution in [0.25, 0.3) is 0 Å². The molecule has 1 aliphatic rings. The van der Waals surface area contributed by atoms with E-state index in [1.807, 2.05) is 58.0 Å². The fourth-order valence-corrected chi connectivity index (χ4v) is 10.9. The van der Waals surface area contributed by atoms with Gasteiger partial charge in [-0.2, -0.15) is 0 Å². The third-order valence-corrected chi connectivity index (χ3v) is 15.9. The minimum absolute atomic E-state index is 0.0179. The molecule has 6 N–H and O–H groups in total. The Bertz CT molecular complexity index is 3560. The Kier molecular flexibility index (Phi) is 77.2. The topological polar surface area (TPSA) is 548 Å². The monoisotopic (exact) mass is 2090 g/mol. The van der Waals surface area contributed by atoms with Crippen molar-refractivity contribution in [3.63, 3.8) is 0 Å². The molecule has 1 fully saturated rings. The number of rotatable bonds is 57. The molecule has 145 heavy (non-hydrogen) atoms. The van der Waals surface area contributed by atoms with Crippen LogP contribution in [-0.2, 0) is 178 Å². The molecule has 1 aromatic rings. The van der Waals surface area contributed by atoms with Crippen molar-refractivity contribution in [2.24, 2.45) is 5.73 Å². The lowest BCUT2D eigenvalue weighted by molar-refractivity contribution is -0.164. The Morgan fingerprint density at radius 3 is 0.717 bits per heavy atom. The Morgan fingerprint density at radius 1 is 0.345 bits per heavy atom. The van der Waals surface area contributed by atoms with Gasteiger partial charge in [-0.3, -0.25) is 81.1 Å². The molecule has 844 valence electrons. The van der Waals surface area contributed by atoms with Gasteiger partial charge in [0.2, 0.25) is 11.8 Å². The first-order valence-corrected chi connectivity index (χ1v) is 48.9. The number of benzene rings is 1. The molecule has 0 atom stereocenters. The van der Waals surface area contributed by atoms with Crippen LogP contribution in [0.5, 0.6) is 0 Å². The molecule has 0 unspecified atom stereocenters. The second kappa shape index (κ2) is 77.8. The zero-order chi connectivity index (χ0) is 114. The first-order valence-electron chi connectivity index (χ1n) is 49.6. The van der Waals surface area contributed by atoms with Crippen LogP contribution in [-0.4, -0.2) is 299 Å². The number of nitrogens with one attached hydrogen (secondary N) is 2. The number of halogens is 1. The van der Waals surface area contributed by atoms with Crippen molar-refractivity contribution in [3.05, 3.63) is 35.9 Å². The maximum atomic E-state index is 13.3. The van der Waals surface area contributed by atoms with Gasteiger partial charge in [0.05, 0.1) is 191 Å². The molecule has 1 aromatic carbocycles. The van der Waals surface area contributed by atoms with Gasteiger partial charge in [-0.15, -0.1) is 0 Å². The molecular weight excluding hydrogens is 1910 g/mol. The van der Waals surface area contributed by atoms with Crippen LogP contribution in [0.15, 0.2) is 30.3 Å². The third kappa shape index (κ3) is 102. The Balaban J connectivity index is -0.000000467. The van der Waals surface area contributed by atoms with Crippen LogP contribution < -0.4 is 16.4 Å². The van der Waals surface area contributed by atoms with Crippen molar-refractivity contribution in [1.82, 2.24) is 10.6 Å². The number of ether oxygens (including phenoxy) is 20. The number of aliphatic carboxylic acids is 1. The van der Waals surface area contributed by atoms with Crippen molar-refractivity contribution in [1.29, 1.82) is 0 Å². The Labute approximate surface area is 861 Å². The van der Waals surface area contributed by atoms with E-state index in [1.165, 1.54) is 0 Å². The summed E-state index contributed by atoms with van der Waals surface area (Å²) in [6.07, 6.45) is 1.49. The fraction of sp³-hybridized carbons (Fsp3) is 0.786. The maximum Gasteiger partial charge on any atom is 0.313 e. The number of cyclic esters (lactones) is 2. The molecule has 0 aliphatic carbocycles. The Morgan fingerprint density at radius 2 is 0.538 bits per heavy atom. The standard InChI is InChI=1S/C37H59NO12.C30H53NO12.C25H47NO9.C5H6O3.2C2H6.CH3F.CH2O2/c1-34(2,3)48-31(41)18-21-44-25-37(26-45-22-19-32(42)49-35(4,5)6,27-46-23-20-33(43)50-36(7,8)9)38-29(39)16-13-17-30(40)47-24-28-14-11-10-12-15-28;1-27(2,3)41-24(35)13-16-38-19-30(31-22(32)11-10-12-23(33)34,20-39-17-14-25(36)42-28(4,5)6)21-40-18-15-26(37)43-29(7,8)9;1-22(2,3)33-19(27)10-13-30-16-25(26,17-31-14-11-20(28)34-23(4,5)6)18-32-15-12-21(29)35-24(7,8)9;6-4-2-1-3-5(7)8-4;3*1-2;2-1-3/h10-12,14-15H,13,16-27H2,1-9H3,(H,38,39);10-21H2,1-9H3,(H,31,32)(H,33,34);10-18,26H2,1-9H3;1-3H2;2*1-2H3;1H3;1H,(H,2,3)/i;;;;;;1D;. The zero-order valence-electron chi connectivity index (χ0n) is 93.9. The lowest BCUT2D eigenvalue weighted by Crippen LogP contribution is -2.58. The lowest BCUT2D eigenvalue weighted by Gasteiger charge is -2.34. The largest absolute Gasteiger partial charge is 0.483 e. The predicted octanol–water partition coefficient (Wildman–Crippen LogP) is 13.8. The van der Waals surface area contributed by atoms with Crippen molar-refractivity contribution >= 4 is 95.9 Å². The van der Waals surface area contributed by atoms with Crippen LogP contribution in [0.1, 0.15) is 337 Å². The minimum atomic E-state index is -1.30. The highest BCUT2D eigenvalue weighted by Gasteiger charge is 2.38. The van der Waals surface area contributed by atoms with E-state index in [0.29, 0.717) is 19.3 Å². The summed E-state index contributed by atoms with van der Waals surface area (Å²) in [6, 6.07) is 9.27. The molecule has 0 radical (unpaired) electrons. The van der Waals surface area contributed by atoms with E-state index >= 15 is 0 Å². The van der Waals surface area contributed by atoms with Gasteiger partial charge in [-0.25, -0.2) is 0 Å². The van der Waals surface area contributed by atoms with Gasteiger partial charge in [0.15, 0.2) is 0 Å². The molecule has 0 aromatic heterocycles. The van der Waals surface area contributed by atoms with Gasteiger partial charge in [0.25, 0.3) is 6.47 Å². The summed E-state index contributed by atoms with van der Waals surface area (Å²) in [6.45, 7) is 55.1. The van der Waals surface area contributed by atoms with Gasteiger partial charge in [0, 0.05) is 38.5 Å². The first-order chi connectivity index (χ1) is 67.2. The van der Waals surface area contributed by atoms with E-state index in [2.05, 4.69) is 15.4 Å². The van der Waals surface area contributed by atoms with E-state index in [9.17, 15) is 76.3 Å². The van der Waals surface area contributed by atoms with Crippen molar-refractivity contribution in [2.75, 3.05) is 126 Å². The van der Waals surface area contributed by atoms with E-state index in [0.717, 1.165) is 5.56 Å². The molecule has 41 nitrogen and oxygen atoms in total. The number of nitrogens with two attached hydrogens (primary N) is 1. The maximum absolute atomic E-state index is 13.3. The van der Waals surface area contributed by atoms with Gasteiger partial charge in [-0.05, 0) is 212 Å². The number of carboxylic acids is 1. The molecule has 2 rings (SSSR count). The number of hydrogen-bond acceptors (Lipinski definition) is 37. The second-order valence-corrected chi connectivity index (χ2v) is 41.6. The fourth-order valence-electron chi connectivity index (χ4n) is 10.9. The molecule has 0 saturated carbocycles. The van der Waals surface area contributed by atoms with E-state index in [-0.39, 0.29) is 258 Å². The molecule has 0 bridgehead atoms. The summed E-state index contributed by atoms with van der Waals surface area (Å²) in [5.41, 5.74) is -2.03. The Hall–Kier alpha value is -9.53. The molecule has 2 amide bonds. The van der Waals surface area contributed by atoms with Gasteiger partial charge < -0.3 is 121 Å². The van der Waals surface area contributed by atoms with E-state index < -0.39 is 134 Å². The predicted molar refractivity (Wildman–Crippen MR) is 535 cm³/mol. The van der Waals surface area contributed by atoms with Crippen LogP contribution >= 0.6 is 0 Å². The normalized spacial score (nSPS) is 12.4. The van der Waals surface area contributed by atoms with Crippen molar-refractivity contribution in [3.8, 4) is 0 Å². The number of hydrogen-bond donors (Lipinski definition) is 5. The summed E-state index contributed by atoms with van der Waals surface area (Å²) in [7, 11) is -1.00. The smallest absolute Gasteiger partial charge is 0.313 e. The van der Waals surface area contributed by atoms with Crippen LogP contribution in [0.4, 0.5) is 4.39 Å². The first kappa shape index (κ1) is 144. The second-order valence-electron chi connectivity index (χ2n) is 41.6. The summed E-state index contributed by atoms with van der Waals surface area (Å²) >= 11 is 0. The summed E-state index contributed by atoms with van der Waals surface area (Å²) in [5, 5.41) is 21.6. The number of carbonyl (C=O) groups excluding carboxylic acids is 14. The number of amides is 2. The highest BCUT2D eigenvalue weighted by molar-refractivity contribution is 5.88. The number of carbonyl (C=O) groups is 16. The van der Waals surface area contributed by atoms with Crippen LogP contribution in [0.3, 0.4) is 0 Å². The van der Waals surface area contributed by atoms with Gasteiger partial charge >= 0.3 is 77.6 Å². The molecule has 1 aliphatic heterocycles. The quantitative estimate of drug-likeness (QED) is 0.0133. The van der Waals surface area contributed by atoms with Crippen LogP contribution in [0, 0.1) is 0 Å². The average molecular weight is 2090 g/mol. The zero-order valence-corrected chi connectivity index (χ0v) is 92.9. The lowest BCUT2D eigenvalue weighted by atomic mass is 10.0. The molecule has 1 saturated heterocycles. The molecular formula is C103H182FN3O38. The van der Waals surface area contributed by atoms with E-state index in [1.54, 1.807) is 187 Å². The summed E-state index contributed by atoms with van der Waals surface area (Å²) in [5.74, 6) is -6.97. The molecule has 1 heterocycles. The number of alkyl halides is 1. The number of esters is 12. The van der Waals surface area contributed by atoms with Crippen LogP contribution in [0.2, 0.25) is 0 Å². The number of carboxylic acid groups (broad SMARTS) is 2. The van der Waals surface area contributed by atoms with E-state index in [4.69, 9.17) is 112 Å². The van der Waals surface area contributed by atoms with Crippen molar-refractivity contribution < 1.29 is 187 Å². The molecule has 42 heteroatoms. The minimum Gasteiger partial charge on any atom is -0.483 e. The summed E-state index contributed by atoms with van der Waals surface area (Å²) in [4.78, 5) is 187. The van der Waals surface area contributed by atoms with Gasteiger partial charge in [-0.1, -0.05) is 58.0 Å². The average Bonchev–Trinajstić information content (AvgIpc) is 0.851. The van der Waals surface area contributed by atoms with Crippen molar-refractivity contribution in [2.45, 2.75) is 404 Å². The van der Waals surface area contributed by atoms with Gasteiger partial charge in [0.1, 0.15) is 68.1 Å². The third-order valence-electron chi connectivity index (χ3n) is 15.9.